The predicted octanol–water partition coefficient (Wildman–Crippen LogP) is 6.62. The largest absolute Gasteiger partial charge is 0.490 e. The van der Waals surface area contributed by atoms with Gasteiger partial charge >= 0.3 is 0 Å². The van der Waals surface area contributed by atoms with Gasteiger partial charge in [0.25, 0.3) is 11.8 Å². The molecular formula is C40H51ClFN3O7S. The van der Waals surface area contributed by atoms with Gasteiger partial charge in [0.15, 0.2) is 0 Å². The van der Waals surface area contributed by atoms with Gasteiger partial charge in [-0.1, -0.05) is 36.7 Å². The van der Waals surface area contributed by atoms with Crippen LogP contribution in [0.5, 0.6) is 5.75 Å². The summed E-state index contributed by atoms with van der Waals surface area (Å²) in [4.78, 5) is 29.7. The molecule has 10 nitrogen and oxygen atoms in total. The van der Waals surface area contributed by atoms with Crippen LogP contribution in [0.1, 0.15) is 73.9 Å². The Labute approximate surface area is 317 Å². The third-order valence-corrected chi connectivity index (χ3v) is 14.8. The molecule has 2 bridgehead atoms. The molecule has 0 radical (unpaired) electrons. The fourth-order valence-electron chi connectivity index (χ4n) is 8.74. The van der Waals surface area contributed by atoms with E-state index in [0.29, 0.717) is 50.2 Å². The van der Waals surface area contributed by atoms with Gasteiger partial charge in [-0.15, -0.1) is 4.36 Å². The monoisotopic (exact) mass is 771 g/mol. The highest BCUT2D eigenvalue weighted by atomic mass is 35.5. The van der Waals surface area contributed by atoms with Crippen molar-refractivity contribution in [1.29, 1.82) is 0 Å². The Hall–Kier alpha value is -3.03. The Balaban J connectivity index is 1.26. The van der Waals surface area contributed by atoms with Crippen LogP contribution in [0.3, 0.4) is 0 Å². The zero-order chi connectivity index (χ0) is 37.3. The summed E-state index contributed by atoms with van der Waals surface area (Å²) in [6.45, 7) is 5.28. The van der Waals surface area contributed by atoms with Gasteiger partial charge in [0.1, 0.15) is 28.4 Å². The highest BCUT2D eigenvalue weighted by Gasteiger charge is 2.44. The second-order valence-electron chi connectivity index (χ2n) is 15.6. The molecule has 2 fully saturated rings. The van der Waals surface area contributed by atoms with E-state index in [1.807, 2.05) is 13.0 Å². The number of hydrogen-bond acceptors (Lipinski definition) is 8. The molecule has 1 unspecified atom stereocenters. The van der Waals surface area contributed by atoms with E-state index in [1.54, 1.807) is 32.2 Å². The standard InChI is InChI=1S/C40H51ClFN3O7S/c1-25-6-4-8-35(49-3)31-12-9-29(31)20-45-23-40(16-5-7-27-18-30(41)11-13-32(27)40)24-52-37-14-10-28(19-34(37)45)39(47)44-53(48,26(25)2)43-38(46)22-51-36-15-17-50-21-33(36)42/h4,8,10-11,13-14,18-19,25-26,29,31,33,35-36H,5-7,9,12,15-17,20-24H2,1-3H3,(H,43,44,46,47,48)/b8-4-/t25-,26+,29-,31+,33+,35-,36-,40-,53?/m0/s1. The molecule has 288 valence electrons. The van der Waals surface area contributed by atoms with E-state index in [9.17, 15) is 18.2 Å². The van der Waals surface area contributed by atoms with E-state index in [4.69, 9.17) is 30.5 Å². The number of amides is 2. The maximum Gasteiger partial charge on any atom is 0.286 e. The highest BCUT2D eigenvalue weighted by molar-refractivity contribution is 7.93. The Kier molecular flexibility index (Phi) is 11.5. The molecule has 9 atom stereocenters. The second kappa shape index (κ2) is 16.0. The van der Waals surface area contributed by atoms with Crippen molar-refractivity contribution in [1.82, 2.24) is 4.72 Å². The molecule has 3 heterocycles. The summed E-state index contributed by atoms with van der Waals surface area (Å²) >= 11 is 6.46. The number of hydrogen-bond donors (Lipinski definition) is 1. The van der Waals surface area contributed by atoms with E-state index in [2.05, 4.69) is 38.3 Å². The van der Waals surface area contributed by atoms with Crippen LogP contribution in [-0.2, 0) is 40.8 Å². The quantitative estimate of drug-likeness (QED) is 0.338. The molecule has 7 rings (SSSR count). The Morgan fingerprint density at radius 2 is 2.04 bits per heavy atom. The van der Waals surface area contributed by atoms with Gasteiger partial charge in [-0.3, -0.25) is 14.3 Å². The first-order chi connectivity index (χ1) is 25.5. The van der Waals surface area contributed by atoms with Crippen LogP contribution in [0.15, 0.2) is 52.9 Å². The van der Waals surface area contributed by atoms with Crippen molar-refractivity contribution in [3.05, 3.63) is 70.3 Å². The molecule has 1 saturated carbocycles. The van der Waals surface area contributed by atoms with E-state index in [1.165, 1.54) is 11.1 Å². The second-order valence-corrected chi connectivity index (χ2v) is 18.3. The lowest BCUT2D eigenvalue weighted by Gasteiger charge is -2.46. The zero-order valence-corrected chi connectivity index (χ0v) is 32.3. The van der Waals surface area contributed by atoms with Crippen molar-refractivity contribution in [2.75, 3.05) is 51.5 Å². The number of allylic oxidation sites excluding steroid dienone is 1. The number of aryl methyl sites for hydroxylation is 1. The molecule has 1 N–H and O–H groups in total. The van der Waals surface area contributed by atoms with Gasteiger partial charge < -0.3 is 23.8 Å². The van der Waals surface area contributed by atoms with E-state index >= 15 is 0 Å². The number of methoxy groups -OCH3 is 1. The van der Waals surface area contributed by atoms with Crippen molar-refractivity contribution >= 4 is 39.0 Å². The molecule has 1 spiro atoms. The maximum absolute atomic E-state index is 14.8. The molecule has 53 heavy (non-hydrogen) atoms. The Bertz CT molecular complexity index is 1850. The first-order valence-corrected chi connectivity index (χ1v) is 20.9. The van der Waals surface area contributed by atoms with E-state index in [0.717, 1.165) is 49.4 Å². The highest BCUT2D eigenvalue weighted by Crippen LogP contribution is 2.47. The van der Waals surface area contributed by atoms with Crippen molar-refractivity contribution in [3.8, 4) is 5.75 Å². The molecule has 0 aromatic heterocycles. The lowest BCUT2D eigenvalue weighted by molar-refractivity contribution is -0.132. The summed E-state index contributed by atoms with van der Waals surface area (Å²) < 4.78 is 59.3. The topological polar surface area (TPSA) is 116 Å². The molecule has 5 aliphatic rings. The SMILES string of the molecule is CO[C@H]1/C=C\C[C@H](C)[C@@H](C)S(=O)(NC(=O)CO[C@H]2CCOC[C@H]2F)=NC(=O)c2ccc3c(c2)N(C[C@@H]2CC[C@H]21)C[C@@]1(CCCc2cc(Cl)ccc21)CO3. The molecule has 2 amide bonds. The van der Waals surface area contributed by atoms with Crippen LogP contribution >= 0.6 is 11.6 Å². The van der Waals surface area contributed by atoms with Gasteiger partial charge in [-0.2, -0.15) is 0 Å². The summed E-state index contributed by atoms with van der Waals surface area (Å²) in [6.07, 6.45) is 7.75. The fourth-order valence-corrected chi connectivity index (χ4v) is 10.8. The summed E-state index contributed by atoms with van der Waals surface area (Å²) in [5.74, 6) is -0.325. The minimum Gasteiger partial charge on any atom is -0.490 e. The number of nitrogens with one attached hydrogen (secondary N) is 1. The predicted molar refractivity (Wildman–Crippen MR) is 203 cm³/mol. The maximum atomic E-state index is 14.8. The molecule has 2 aromatic carbocycles. The number of benzene rings is 2. The molecular weight excluding hydrogens is 721 g/mol. The summed E-state index contributed by atoms with van der Waals surface area (Å²) in [7, 11) is -1.94. The van der Waals surface area contributed by atoms with Crippen LogP contribution in [0.25, 0.3) is 0 Å². The van der Waals surface area contributed by atoms with E-state index < -0.39 is 45.9 Å². The number of carbonyl (C=O) groups is 2. The number of halogens is 2. The fraction of sp³-hybridized carbons (Fsp3) is 0.600. The van der Waals surface area contributed by atoms with Crippen molar-refractivity contribution < 1.29 is 37.1 Å². The smallest absolute Gasteiger partial charge is 0.286 e. The van der Waals surface area contributed by atoms with E-state index in [-0.39, 0.29) is 29.6 Å². The normalized spacial score (nSPS) is 35.1. The summed E-state index contributed by atoms with van der Waals surface area (Å²) in [6, 6.07) is 11.4. The van der Waals surface area contributed by atoms with Crippen LogP contribution in [-0.4, -0.2) is 86.3 Å². The Morgan fingerprint density at radius 3 is 2.81 bits per heavy atom. The first kappa shape index (κ1) is 38.3. The minimum atomic E-state index is -3.68. The molecule has 1 saturated heterocycles. The van der Waals surface area contributed by atoms with Crippen molar-refractivity contribution in [2.45, 2.75) is 87.8 Å². The molecule has 13 heteroatoms. The number of rotatable bonds is 5. The number of ether oxygens (including phenoxy) is 4. The van der Waals surface area contributed by atoms with Crippen LogP contribution in [0.4, 0.5) is 10.1 Å². The zero-order valence-electron chi connectivity index (χ0n) is 30.8. The molecule has 2 aromatic rings. The van der Waals surface area contributed by atoms with Crippen molar-refractivity contribution in [2.24, 2.45) is 22.1 Å². The summed E-state index contributed by atoms with van der Waals surface area (Å²) in [5, 5.41) is 0.00560. The van der Waals surface area contributed by atoms with Gasteiger partial charge in [0, 0.05) is 42.8 Å². The van der Waals surface area contributed by atoms with Gasteiger partial charge in [0.2, 0.25) is 0 Å². The van der Waals surface area contributed by atoms with Gasteiger partial charge in [-0.05, 0) is 111 Å². The third kappa shape index (κ3) is 8.03. The number of fused-ring (bicyclic) bond motifs is 4. The number of anilines is 1. The van der Waals surface area contributed by atoms with Gasteiger partial charge in [-0.25, -0.2) is 8.60 Å². The average Bonchev–Trinajstić information content (AvgIpc) is 3.28. The first-order valence-electron chi connectivity index (χ1n) is 18.9. The van der Waals surface area contributed by atoms with Crippen molar-refractivity contribution in [3.63, 3.8) is 0 Å². The van der Waals surface area contributed by atoms with Gasteiger partial charge in [0.05, 0.1) is 36.4 Å². The number of alkyl halides is 1. The molecule has 2 aliphatic carbocycles. The third-order valence-electron chi connectivity index (χ3n) is 12.2. The lowest BCUT2D eigenvalue weighted by atomic mass is 9.68. The average molecular weight is 772 g/mol. The van der Waals surface area contributed by atoms with Crippen LogP contribution in [0, 0.1) is 17.8 Å². The van der Waals surface area contributed by atoms with Crippen LogP contribution < -0.4 is 14.4 Å². The Morgan fingerprint density at radius 1 is 1.19 bits per heavy atom. The van der Waals surface area contributed by atoms with Crippen LogP contribution in [0.2, 0.25) is 5.02 Å². The summed E-state index contributed by atoms with van der Waals surface area (Å²) in [5.41, 5.74) is 3.25. The molecule has 3 aliphatic heterocycles. The minimum absolute atomic E-state index is 0.0957. The lowest BCUT2D eigenvalue weighted by Crippen LogP contribution is -2.49. The number of carbonyl (C=O) groups excluding carboxylic acids is 2. The number of nitrogens with zero attached hydrogens (tertiary/aromatic N) is 2.